The van der Waals surface area contributed by atoms with Gasteiger partial charge in [-0.15, -0.1) is 23.2 Å². The standard InChI is InChI=1S/C13H17Cl2NO2/c1-10-3-4-12(18-2)11(9-10)13(17)16(7-5-14)8-6-15/h3-4,9H,5-8H2,1-2H3. The van der Waals surface area contributed by atoms with Crippen molar-refractivity contribution in [3.63, 3.8) is 0 Å². The second-order valence-corrected chi connectivity index (χ2v) is 4.63. The molecule has 0 aliphatic carbocycles. The third-order valence-corrected chi connectivity index (χ3v) is 2.92. The Labute approximate surface area is 118 Å². The van der Waals surface area contributed by atoms with E-state index in [1.807, 2.05) is 19.1 Å². The summed E-state index contributed by atoms with van der Waals surface area (Å²) in [5.41, 5.74) is 1.56. The summed E-state index contributed by atoms with van der Waals surface area (Å²) in [5.74, 6) is 1.24. The molecule has 1 aromatic carbocycles. The van der Waals surface area contributed by atoms with E-state index in [4.69, 9.17) is 27.9 Å². The van der Waals surface area contributed by atoms with Crippen LogP contribution < -0.4 is 4.74 Å². The number of hydrogen-bond acceptors (Lipinski definition) is 2. The van der Waals surface area contributed by atoms with Crippen LogP contribution in [0.4, 0.5) is 0 Å². The first-order valence-corrected chi connectivity index (χ1v) is 6.76. The van der Waals surface area contributed by atoms with Gasteiger partial charge in [-0.05, 0) is 19.1 Å². The van der Waals surface area contributed by atoms with Crippen molar-refractivity contribution in [3.8, 4) is 5.75 Å². The molecule has 0 aromatic heterocycles. The zero-order valence-electron chi connectivity index (χ0n) is 10.6. The van der Waals surface area contributed by atoms with E-state index >= 15 is 0 Å². The summed E-state index contributed by atoms with van der Waals surface area (Å²) in [5, 5.41) is 0. The average Bonchev–Trinajstić information content (AvgIpc) is 2.37. The molecule has 1 amide bonds. The fourth-order valence-electron chi connectivity index (χ4n) is 1.68. The van der Waals surface area contributed by atoms with E-state index < -0.39 is 0 Å². The van der Waals surface area contributed by atoms with Gasteiger partial charge in [-0.3, -0.25) is 4.79 Å². The van der Waals surface area contributed by atoms with Gasteiger partial charge in [0.15, 0.2) is 0 Å². The van der Waals surface area contributed by atoms with Gasteiger partial charge in [0.1, 0.15) is 5.75 Å². The van der Waals surface area contributed by atoms with Gasteiger partial charge in [0.2, 0.25) is 0 Å². The maximum Gasteiger partial charge on any atom is 0.257 e. The summed E-state index contributed by atoms with van der Waals surface area (Å²) in [6, 6.07) is 5.52. The van der Waals surface area contributed by atoms with Gasteiger partial charge in [-0.25, -0.2) is 0 Å². The fourth-order valence-corrected chi connectivity index (χ4v) is 2.09. The Morgan fingerprint density at radius 2 is 1.89 bits per heavy atom. The Morgan fingerprint density at radius 1 is 1.28 bits per heavy atom. The van der Waals surface area contributed by atoms with E-state index in [0.29, 0.717) is 36.2 Å². The predicted octanol–water partition coefficient (Wildman–Crippen LogP) is 2.92. The lowest BCUT2D eigenvalue weighted by atomic mass is 10.1. The largest absolute Gasteiger partial charge is 0.496 e. The van der Waals surface area contributed by atoms with Crippen LogP contribution in [0.5, 0.6) is 5.75 Å². The molecular formula is C13H17Cl2NO2. The highest BCUT2D eigenvalue weighted by molar-refractivity contribution is 6.18. The van der Waals surface area contributed by atoms with Crippen LogP contribution in [0.25, 0.3) is 0 Å². The minimum absolute atomic E-state index is 0.100. The molecule has 1 rings (SSSR count). The molecule has 5 heteroatoms. The summed E-state index contributed by atoms with van der Waals surface area (Å²) in [6.07, 6.45) is 0. The molecule has 0 aliphatic rings. The van der Waals surface area contributed by atoms with E-state index in [0.717, 1.165) is 5.56 Å². The smallest absolute Gasteiger partial charge is 0.257 e. The molecule has 0 unspecified atom stereocenters. The van der Waals surface area contributed by atoms with Crippen molar-refractivity contribution in [2.45, 2.75) is 6.92 Å². The van der Waals surface area contributed by atoms with Crippen molar-refractivity contribution in [3.05, 3.63) is 29.3 Å². The molecule has 0 fully saturated rings. The molecule has 1 aromatic rings. The zero-order chi connectivity index (χ0) is 13.5. The lowest BCUT2D eigenvalue weighted by Gasteiger charge is -2.21. The topological polar surface area (TPSA) is 29.5 Å². The quantitative estimate of drug-likeness (QED) is 0.754. The Morgan fingerprint density at radius 3 is 2.39 bits per heavy atom. The molecule has 0 N–H and O–H groups in total. The predicted molar refractivity (Wildman–Crippen MR) is 75.1 cm³/mol. The van der Waals surface area contributed by atoms with Crippen molar-refractivity contribution in [2.24, 2.45) is 0 Å². The summed E-state index contributed by atoms with van der Waals surface area (Å²) in [4.78, 5) is 14.0. The van der Waals surface area contributed by atoms with Crippen LogP contribution in [0.15, 0.2) is 18.2 Å². The average molecular weight is 290 g/mol. The van der Waals surface area contributed by atoms with Crippen molar-refractivity contribution in [2.75, 3.05) is 32.0 Å². The van der Waals surface area contributed by atoms with E-state index in [1.165, 1.54) is 0 Å². The molecule has 0 saturated carbocycles. The molecule has 18 heavy (non-hydrogen) atoms. The number of halogens is 2. The van der Waals surface area contributed by atoms with Crippen molar-refractivity contribution in [1.29, 1.82) is 0 Å². The molecule has 100 valence electrons. The van der Waals surface area contributed by atoms with Crippen LogP contribution >= 0.6 is 23.2 Å². The summed E-state index contributed by atoms with van der Waals surface area (Å²) >= 11 is 11.4. The molecule has 0 spiro atoms. The van der Waals surface area contributed by atoms with Gasteiger partial charge in [0.25, 0.3) is 5.91 Å². The fraction of sp³-hybridized carbons (Fsp3) is 0.462. The number of nitrogens with zero attached hydrogens (tertiary/aromatic N) is 1. The van der Waals surface area contributed by atoms with Crippen LogP contribution in [0, 0.1) is 6.92 Å². The summed E-state index contributed by atoms with van der Waals surface area (Å²) in [6.45, 7) is 2.89. The van der Waals surface area contributed by atoms with Gasteiger partial charge in [-0.1, -0.05) is 11.6 Å². The van der Waals surface area contributed by atoms with E-state index in [-0.39, 0.29) is 5.91 Å². The van der Waals surface area contributed by atoms with Gasteiger partial charge in [-0.2, -0.15) is 0 Å². The SMILES string of the molecule is COc1ccc(C)cc1C(=O)N(CCCl)CCCl. The summed E-state index contributed by atoms with van der Waals surface area (Å²) in [7, 11) is 1.55. The van der Waals surface area contributed by atoms with Crippen LogP contribution in [-0.4, -0.2) is 42.8 Å². The first kappa shape index (κ1) is 15.1. The number of benzene rings is 1. The number of alkyl halides is 2. The van der Waals surface area contributed by atoms with Crippen LogP contribution in [0.1, 0.15) is 15.9 Å². The lowest BCUT2D eigenvalue weighted by molar-refractivity contribution is 0.0771. The first-order valence-electron chi connectivity index (χ1n) is 5.70. The highest BCUT2D eigenvalue weighted by Gasteiger charge is 2.18. The van der Waals surface area contributed by atoms with Gasteiger partial charge in [0.05, 0.1) is 12.7 Å². The number of ether oxygens (including phenoxy) is 1. The minimum atomic E-state index is -0.100. The van der Waals surface area contributed by atoms with Gasteiger partial charge in [0, 0.05) is 24.8 Å². The lowest BCUT2D eigenvalue weighted by Crippen LogP contribution is -2.34. The molecule has 0 radical (unpaired) electrons. The van der Waals surface area contributed by atoms with E-state index in [2.05, 4.69) is 0 Å². The first-order chi connectivity index (χ1) is 8.63. The Hall–Kier alpha value is -0.930. The summed E-state index contributed by atoms with van der Waals surface area (Å²) < 4.78 is 5.21. The number of aryl methyl sites for hydroxylation is 1. The van der Waals surface area contributed by atoms with Crippen molar-refractivity contribution < 1.29 is 9.53 Å². The monoisotopic (exact) mass is 289 g/mol. The number of hydrogen-bond donors (Lipinski definition) is 0. The Bertz CT molecular complexity index is 404. The van der Waals surface area contributed by atoms with Crippen molar-refractivity contribution in [1.82, 2.24) is 4.90 Å². The molecule has 0 saturated heterocycles. The zero-order valence-corrected chi connectivity index (χ0v) is 12.1. The second-order valence-electron chi connectivity index (χ2n) is 3.87. The normalized spacial score (nSPS) is 10.2. The molecule has 0 bridgehead atoms. The van der Waals surface area contributed by atoms with Gasteiger partial charge < -0.3 is 9.64 Å². The molecule has 3 nitrogen and oxygen atoms in total. The number of rotatable bonds is 6. The number of carbonyl (C=O) groups is 1. The number of amides is 1. The third kappa shape index (κ3) is 3.79. The van der Waals surface area contributed by atoms with Crippen LogP contribution in [0.3, 0.4) is 0 Å². The van der Waals surface area contributed by atoms with E-state index in [1.54, 1.807) is 18.1 Å². The maximum absolute atomic E-state index is 12.4. The van der Waals surface area contributed by atoms with E-state index in [9.17, 15) is 4.79 Å². The second kappa shape index (κ2) is 7.49. The minimum Gasteiger partial charge on any atom is -0.496 e. The highest BCUT2D eigenvalue weighted by atomic mass is 35.5. The van der Waals surface area contributed by atoms with Gasteiger partial charge >= 0.3 is 0 Å². The van der Waals surface area contributed by atoms with Crippen LogP contribution in [-0.2, 0) is 0 Å². The van der Waals surface area contributed by atoms with Crippen molar-refractivity contribution >= 4 is 29.1 Å². The van der Waals surface area contributed by atoms with Crippen LogP contribution in [0.2, 0.25) is 0 Å². The number of carbonyl (C=O) groups excluding carboxylic acids is 1. The highest BCUT2D eigenvalue weighted by Crippen LogP contribution is 2.21. The maximum atomic E-state index is 12.4. The Kier molecular flexibility index (Phi) is 6.30. The molecule has 0 atom stereocenters. The third-order valence-electron chi connectivity index (χ3n) is 2.58. The molecular weight excluding hydrogens is 273 g/mol. The number of methoxy groups -OCH3 is 1. The molecule has 0 heterocycles. The Balaban J connectivity index is 3.02. The molecule has 0 aliphatic heterocycles.